The zero-order valence-electron chi connectivity index (χ0n) is 12.5. The minimum absolute atomic E-state index is 0.290. The number of benzene rings is 2. The van der Waals surface area contributed by atoms with Crippen LogP contribution in [0.5, 0.6) is 0 Å². The highest BCUT2D eigenvalue weighted by Crippen LogP contribution is 2.19. The van der Waals surface area contributed by atoms with Crippen molar-refractivity contribution in [1.82, 2.24) is 15.5 Å². The highest BCUT2D eigenvalue weighted by atomic mass is 19.1. The van der Waals surface area contributed by atoms with Crippen LogP contribution >= 0.6 is 0 Å². The summed E-state index contributed by atoms with van der Waals surface area (Å²) in [6.07, 6.45) is 0. The summed E-state index contributed by atoms with van der Waals surface area (Å²) in [6, 6.07) is 12.7. The van der Waals surface area contributed by atoms with Gasteiger partial charge >= 0.3 is 0 Å². The van der Waals surface area contributed by atoms with Crippen LogP contribution in [0.4, 0.5) is 8.78 Å². The van der Waals surface area contributed by atoms with Gasteiger partial charge < -0.3 is 9.84 Å². The largest absolute Gasteiger partial charge is 0.338 e. The minimum Gasteiger partial charge on any atom is -0.338 e. The van der Waals surface area contributed by atoms with Crippen molar-refractivity contribution in [1.29, 1.82) is 0 Å². The van der Waals surface area contributed by atoms with Crippen molar-refractivity contribution in [2.45, 2.75) is 19.5 Å². The standard InChI is InChI=1S/C17H15F2N3O/c1-11(14-8-7-13(18)9-15(14)19)20-10-16-21-17(22-23-16)12-5-3-2-4-6-12/h2-9,11,20H,10H2,1H3/t11-/m0/s1. The monoisotopic (exact) mass is 315 g/mol. The topological polar surface area (TPSA) is 51.0 Å². The summed E-state index contributed by atoms with van der Waals surface area (Å²) >= 11 is 0. The molecule has 23 heavy (non-hydrogen) atoms. The molecule has 3 rings (SSSR count). The Morgan fingerprint density at radius 2 is 1.91 bits per heavy atom. The van der Waals surface area contributed by atoms with E-state index in [0.29, 0.717) is 17.3 Å². The van der Waals surface area contributed by atoms with Gasteiger partial charge in [0.2, 0.25) is 11.7 Å². The summed E-state index contributed by atoms with van der Waals surface area (Å²) in [6.45, 7) is 2.07. The van der Waals surface area contributed by atoms with Gasteiger partial charge in [-0.2, -0.15) is 4.98 Å². The maximum Gasteiger partial charge on any atom is 0.240 e. The van der Waals surface area contributed by atoms with E-state index in [1.807, 2.05) is 30.3 Å². The lowest BCUT2D eigenvalue weighted by atomic mass is 10.1. The predicted molar refractivity (Wildman–Crippen MR) is 81.3 cm³/mol. The minimum atomic E-state index is -0.595. The van der Waals surface area contributed by atoms with Gasteiger partial charge in [0.15, 0.2) is 0 Å². The molecule has 0 aliphatic carbocycles. The maximum atomic E-state index is 13.7. The molecule has 6 heteroatoms. The molecule has 1 heterocycles. The Morgan fingerprint density at radius 3 is 2.65 bits per heavy atom. The Kier molecular flexibility index (Phi) is 4.43. The molecule has 0 aliphatic heterocycles. The zero-order chi connectivity index (χ0) is 16.2. The van der Waals surface area contributed by atoms with E-state index >= 15 is 0 Å². The molecule has 1 atom stereocenters. The Balaban J connectivity index is 1.65. The fraction of sp³-hybridized carbons (Fsp3) is 0.176. The SMILES string of the molecule is C[C@H](NCc1nc(-c2ccccc2)no1)c1ccc(F)cc1F. The molecule has 0 fully saturated rings. The van der Waals surface area contributed by atoms with Gasteiger partial charge in [-0.15, -0.1) is 0 Å². The van der Waals surface area contributed by atoms with Crippen molar-refractivity contribution >= 4 is 0 Å². The number of aromatic nitrogens is 2. The molecule has 2 aromatic carbocycles. The van der Waals surface area contributed by atoms with Gasteiger partial charge in [-0.1, -0.05) is 41.6 Å². The van der Waals surface area contributed by atoms with E-state index in [1.165, 1.54) is 12.1 Å². The second-order valence-corrected chi connectivity index (χ2v) is 5.15. The summed E-state index contributed by atoms with van der Waals surface area (Å²) in [4.78, 5) is 4.29. The number of nitrogens with zero attached hydrogens (tertiary/aromatic N) is 2. The average molecular weight is 315 g/mol. The van der Waals surface area contributed by atoms with Crippen LogP contribution in [-0.2, 0) is 6.54 Å². The number of nitrogens with one attached hydrogen (secondary N) is 1. The molecular weight excluding hydrogens is 300 g/mol. The fourth-order valence-corrected chi connectivity index (χ4v) is 2.23. The fourth-order valence-electron chi connectivity index (χ4n) is 2.23. The van der Waals surface area contributed by atoms with Gasteiger partial charge in [0, 0.05) is 23.2 Å². The second kappa shape index (κ2) is 6.66. The van der Waals surface area contributed by atoms with Crippen molar-refractivity contribution < 1.29 is 13.3 Å². The van der Waals surface area contributed by atoms with E-state index in [-0.39, 0.29) is 12.6 Å². The van der Waals surface area contributed by atoms with Gasteiger partial charge in [-0.05, 0) is 13.0 Å². The normalized spacial score (nSPS) is 12.3. The lowest BCUT2D eigenvalue weighted by Crippen LogP contribution is -2.19. The zero-order valence-corrected chi connectivity index (χ0v) is 12.5. The van der Waals surface area contributed by atoms with Crippen LogP contribution in [0, 0.1) is 11.6 Å². The third-order valence-electron chi connectivity index (χ3n) is 3.49. The molecule has 0 radical (unpaired) electrons. The maximum absolute atomic E-state index is 13.7. The van der Waals surface area contributed by atoms with E-state index in [9.17, 15) is 8.78 Å². The van der Waals surface area contributed by atoms with E-state index in [4.69, 9.17) is 4.52 Å². The lowest BCUT2D eigenvalue weighted by Gasteiger charge is -2.13. The highest BCUT2D eigenvalue weighted by molar-refractivity contribution is 5.53. The smallest absolute Gasteiger partial charge is 0.240 e. The van der Waals surface area contributed by atoms with Crippen LogP contribution in [0.25, 0.3) is 11.4 Å². The molecule has 0 aliphatic rings. The van der Waals surface area contributed by atoms with E-state index in [1.54, 1.807) is 6.92 Å². The molecule has 0 bridgehead atoms. The number of halogens is 2. The highest BCUT2D eigenvalue weighted by Gasteiger charge is 2.13. The Hall–Kier alpha value is -2.60. The van der Waals surface area contributed by atoms with Gasteiger partial charge in [0.25, 0.3) is 0 Å². The quantitative estimate of drug-likeness (QED) is 0.776. The van der Waals surface area contributed by atoms with E-state index < -0.39 is 11.6 Å². The Labute approximate surface area is 132 Å². The third-order valence-corrected chi connectivity index (χ3v) is 3.49. The summed E-state index contributed by atoms with van der Waals surface area (Å²) in [7, 11) is 0. The molecular formula is C17H15F2N3O. The second-order valence-electron chi connectivity index (χ2n) is 5.15. The molecule has 3 aromatic rings. The number of hydrogen-bond acceptors (Lipinski definition) is 4. The van der Waals surface area contributed by atoms with Gasteiger partial charge in [0.05, 0.1) is 6.54 Å². The lowest BCUT2D eigenvalue weighted by molar-refractivity contribution is 0.359. The first-order valence-electron chi connectivity index (χ1n) is 7.20. The molecule has 1 N–H and O–H groups in total. The van der Waals surface area contributed by atoms with Crippen molar-refractivity contribution in [3.05, 3.63) is 71.6 Å². The van der Waals surface area contributed by atoms with Gasteiger partial charge in [0.1, 0.15) is 11.6 Å². The first-order chi connectivity index (χ1) is 11.1. The van der Waals surface area contributed by atoms with Crippen molar-refractivity contribution in [2.24, 2.45) is 0 Å². The molecule has 0 spiro atoms. The molecule has 118 valence electrons. The van der Waals surface area contributed by atoms with Crippen LogP contribution in [0.1, 0.15) is 24.4 Å². The molecule has 0 saturated heterocycles. The van der Waals surface area contributed by atoms with Crippen molar-refractivity contribution in [2.75, 3.05) is 0 Å². The van der Waals surface area contributed by atoms with E-state index in [2.05, 4.69) is 15.5 Å². The average Bonchev–Trinajstić information content (AvgIpc) is 3.02. The first-order valence-corrected chi connectivity index (χ1v) is 7.20. The van der Waals surface area contributed by atoms with Gasteiger partial charge in [-0.3, -0.25) is 0 Å². The van der Waals surface area contributed by atoms with Crippen LogP contribution in [-0.4, -0.2) is 10.1 Å². The van der Waals surface area contributed by atoms with E-state index in [0.717, 1.165) is 11.6 Å². The van der Waals surface area contributed by atoms with Gasteiger partial charge in [-0.25, -0.2) is 8.78 Å². The first kappa shape index (κ1) is 15.3. The molecule has 0 amide bonds. The summed E-state index contributed by atoms with van der Waals surface area (Å²) < 4.78 is 31.8. The van der Waals surface area contributed by atoms with Crippen molar-refractivity contribution in [3.8, 4) is 11.4 Å². The number of rotatable bonds is 5. The predicted octanol–water partition coefficient (Wildman–Crippen LogP) is 3.87. The Bertz CT molecular complexity index is 790. The summed E-state index contributed by atoms with van der Waals surface area (Å²) in [5.74, 6) is -0.274. The third kappa shape index (κ3) is 3.60. The molecule has 0 unspecified atom stereocenters. The molecule has 4 nitrogen and oxygen atoms in total. The molecule has 1 aromatic heterocycles. The van der Waals surface area contributed by atoms with Crippen molar-refractivity contribution in [3.63, 3.8) is 0 Å². The van der Waals surface area contributed by atoms with Crippen LogP contribution in [0.15, 0.2) is 53.1 Å². The number of hydrogen-bond donors (Lipinski definition) is 1. The van der Waals surface area contributed by atoms with Crippen LogP contribution in [0.3, 0.4) is 0 Å². The summed E-state index contributed by atoms with van der Waals surface area (Å²) in [5.41, 5.74) is 1.24. The summed E-state index contributed by atoms with van der Waals surface area (Å²) in [5, 5.41) is 7.00. The van der Waals surface area contributed by atoms with Crippen LogP contribution < -0.4 is 5.32 Å². The molecule has 0 saturated carbocycles. The Morgan fingerprint density at radius 1 is 1.13 bits per heavy atom. The van der Waals surface area contributed by atoms with Crippen LogP contribution in [0.2, 0.25) is 0 Å².